The van der Waals surface area contributed by atoms with Crippen molar-refractivity contribution >= 4 is 16.8 Å². The zero-order valence-corrected chi connectivity index (χ0v) is 18.2. The van der Waals surface area contributed by atoms with Crippen molar-refractivity contribution in [3.05, 3.63) is 66.5 Å². The third kappa shape index (κ3) is 6.70. The summed E-state index contributed by atoms with van der Waals surface area (Å²) in [4.78, 5) is 4.59. The van der Waals surface area contributed by atoms with Crippen molar-refractivity contribution < 1.29 is 9.84 Å². The van der Waals surface area contributed by atoms with Crippen LogP contribution in [0.15, 0.2) is 60.8 Å². The van der Waals surface area contributed by atoms with Gasteiger partial charge in [0.25, 0.3) is 0 Å². The molecule has 0 bridgehead atoms. The monoisotopic (exact) mass is 403 g/mol. The van der Waals surface area contributed by atoms with Crippen LogP contribution in [0.25, 0.3) is 28.0 Å². The normalized spacial score (nSPS) is 12.6. The number of pyridine rings is 1. The van der Waals surface area contributed by atoms with Crippen LogP contribution in [0.5, 0.6) is 5.75 Å². The van der Waals surface area contributed by atoms with Gasteiger partial charge in [0.1, 0.15) is 5.75 Å². The van der Waals surface area contributed by atoms with Gasteiger partial charge < -0.3 is 9.84 Å². The summed E-state index contributed by atoms with van der Waals surface area (Å²) < 4.78 is 5.85. The highest BCUT2D eigenvalue weighted by Gasteiger charge is 2.02. The highest BCUT2D eigenvalue weighted by atomic mass is 16.5. The number of nitrogens with zero attached hydrogens (tertiary/aromatic N) is 1. The van der Waals surface area contributed by atoms with Gasteiger partial charge in [0, 0.05) is 18.4 Å². The third-order valence-corrected chi connectivity index (χ3v) is 5.36. The molecule has 1 aromatic heterocycles. The number of aromatic hydroxyl groups is 1. The molecule has 1 unspecified atom stereocenters. The Labute approximate surface area is 180 Å². The number of ether oxygens (including phenoxy) is 1. The number of benzene rings is 2. The summed E-state index contributed by atoms with van der Waals surface area (Å²) in [6, 6.07) is 15.9. The molecule has 3 rings (SSSR count). The zero-order chi connectivity index (χ0) is 21.2. The van der Waals surface area contributed by atoms with E-state index in [9.17, 15) is 5.11 Å². The molecular formula is C27H33NO2. The number of hydrogen-bond acceptors (Lipinski definition) is 3. The predicted octanol–water partition coefficient (Wildman–Crippen LogP) is 7.39. The maximum atomic E-state index is 9.61. The average Bonchev–Trinajstić information content (AvgIpc) is 2.76. The van der Waals surface area contributed by atoms with E-state index in [1.165, 1.54) is 19.3 Å². The lowest BCUT2D eigenvalue weighted by atomic mass is 10.0. The molecule has 0 saturated heterocycles. The van der Waals surface area contributed by atoms with Gasteiger partial charge in [0.15, 0.2) is 0 Å². The van der Waals surface area contributed by atoms with Gasteiger partial charge in [-0.15, -0.1) is 0 Å². The first-order valence-corrected chi connectivity index (χ1v) is 11.1. The van der Waals surface area contributed by atoms with Crippen LogP contribution in [0.4, 0.5) is 0 Å². The van der Waals surface area contributed by atoms with Gasteiger partial charge in [-0.25, -0.2) is 0 Å². The zero-order valence-electron chi connectivity index (χ0n) is 18.2. The molecule has 1 N–H and O–H groups in total. The molecule has 0 aliphatic carbocycles. The van der Waals surface area contributed by atoms with Crippen molar-refractivity contribution in [2.24, 2.45) is 0 Å². The van der Waals surface area contributed by atoms with Gasteiger partial charge in [-0.3, -0.25) is 4.98 Å². The Bertz CT molecular complexity index is 947. The number of aromatic nitrogens is 1. The average molecular weight is 404 g/mol. The van der Waals surface area contributed by atoms with Crippen molar-refractivity contribution in [2.45, 2.75) is 58.5 Å². The van der Waals surface area contributed by atoms with Gasteiger partial charge >= 0.3 is 0 Å². The molecule has 0 saturated carbocycles. The summed E-state index contributed by atoms with van der Waals surface area (Å²) in [6.45, 7) is 5.28. The molecule has 1 heterocycles. The Morgan fingerprint density at radius 1 is 0.967 bits per heavy atom. The van der Waals surface area contributed by atoms with Crippen molar-refractivity contribution in [3.8, 4) is 16.9 Å². The van der Waals surface area contributed by atoms with E-state index < -0.39 is 0 Å². The first-order valence-electron chi connectivity index (χ1n) is 11.1. The molecule has 2 aromatic carbocycles. The SMILES string of the molecule is CCCCCOC(C)CCC/C=C/c1ccc(-c2ccc3cc(O)ccc3c2)cn1. The molecule has 0 radical (unpaired) electrons. The Morgan fingerprint density at radius 2 is 1.77 bits per heavy atom. The smallest absolute Gasteiger partial charge is 0.116 e. The summed E-state index contributed by atoms with van der Waals surface area (Å²) >= 11 is 0. The van der Waals surface area contributed by atoms with Crippen LogP contribution in [0.2, 0.25) is 0 Å². The van der Waals surface area contributed by atoms with Gasteiger partial charge in [0.2, 0.25) is 0 Å². The molecular weight excluding hydrogens is 370 g/mol. The number of phenols is 1. The second-order valence-corrected chi connectivity index (χ2v) is 7.94. The molecule has 0 spiro atoms. The van der Waals surface area contributed by atoms with Crippen LogP contribution in [-0.2, 0) is 4.74 Å². The van der Waals surface area contributed by atoms with Crippen molar-refractivity contribution in [2.75, 3.05) is 6.61 Å². The lowest BCUT2D eigenvalue weighted by Crippen LogP contribution is -2.08. The van der Waals surface area contributed by atoms with Crippen LogP contribution >= 0.6 is 0 Å². The van der Waals surface area contributed by atoms with E-state index in [2.05, 4.69) is 55.2 Å². The molecule has 30 heavy (non-hydrogen) atoms. The third-order valence-electron chi connectivity index (χ3n) is 5.36. The van der Waals surface area contributed by atoms with Gasteiger partial charge in [-0.1, -0.05) is 50.1 Å². The van der Waals surface area contributed by atoms with E-state index in [1.807, 2.05) is 18.3 Å². The molecule has 3 nitrogen and oxygen atoms in total. The maximum Gasteiger partial charge on any atom is 0.116 e. The van der Waals surface area contributed by atoms with E-state index in [0.29, 0.717) is 11.9 Å². The fourth-order valence-corrected chi connectivity index (χ4v) is 3.53. The minimum absolute atomic E-state index is 0.294. The molecule has 0 fully saturated rings. The lowest BCUT2D eigenvalue weighted by molar-refractivity contribution is 0.0566. The van der Waals surface area contributed by atoms with Crippen LogP contribution in [0.3, 0.4) is 0 Å². The standard InChI is InChI=1S/C27H33NO2/c1-3-4-8-17-30-21(2)9-6-5-7-10-26-15-13-25(20-28-26)23-11-12-24-19-27(29)16-14-22(24)18-23/h7,10-16,18-21,29H,3-6,8-9,17H2,1-2H3/b10-7+. The molecule has 0 amide bonds. The minimum Gasteiger partial charge on any atom is -0.508 e. The summed E-state index contributed by atoms with van der Waals surface area (Å²) in [5, 5.41) is 11.8. The van der Waals surface area contributed by atoms with E-state index in [0.717, 1.165) is 53.5 Å². The highest BCUT2D eigenvalue weighted by Crippen LogP contribution is 2.26. The predicted molar refractivity (Wildman–Crippen MR) is 127 cm³/mol. The van der Waals surface area contributed by atoms with Crippen LogP contribution in [0.1, 0.15) is 58.1 Å². The minimum atomic E-state index is 0.294. The topological polar surface area (TPSA) is 42.4 Å². The molecule has 3 aromatic rings. The summed E-state index contributed by atoms with van der Waals surface area (Å²) in [5.74, 6) is 0.294. The van der Waals surface area contributed by atoms with Crippen molar-refractivity contribution in [1.29, 1.82) is 0 Å². The van der Waals surface area contributed by atoms with E-state index in [-0.39, 0.29) is 0 Å². The quantitative estimate of drug-likeness (QED) is 0.339. The Hall–Kier alpha value is -2.65. The number of unbranched alkanes of at least 4 members (excludes halogenated alkanes) is 3. The van der Waals surface area contributed by atoms with Crippen LogP contribution in [0, 0.1) is 0 Å². The highest BCUT2D eigenvalue weighted by molar-refractivity contribution is 5.88. The van der Waals surface area contributed by atoms with Gasteiger partial charge in [-0.05, 0) is 79.3 Å². The first-order chi connectivity index (χ1) is 14.7. The van der Waals surface area contributed by atoms with Crippen molar-refractivity contribution in [1.82, 2.24) is 4.98 Å². The lowest BCUT2D eigenvalue weighted by Gasteiger charge is -2.11. The number of hydrogen-bond donors (Lipinski definition) is 1. The van der Waals surface area contributed by atoms with Crippen molar-refractivity contribution in [3.63, 3.8) is 0 Å². The summed E-state index contributed by atoms with van der Waals surface area (Å²) in [6.07, 6.45) is 13.5. The Morgan fingerprint density at radius 3 is 2.57 bits per heavy atom. The van der Waals surface area contributed by atoms with Crippen LogP contribution < -0.4 is 0 Å². The largest absolute Gasteiger partial charge is 0.508 e. The second-order valence-electron chi connectivity index (χ2n) is 7.94. The number of rotatable bonds is 11. The second kappa shape index (κ2) is 11.5. The van der Waals surface area contributed by atoms with Gasteiger partial charge in [-0.2, -0.15) is 0 Å². The summed E-state index contributed by atoms with van der Waals surface area (Å²) in [5.41, 5.74) is 3.20. The fraction of sp³-hybridized carbons (Fsp3) is 0.370. The number of fused-ring (bicyclic) bond motifs is 1. The summed E-state index contributed by atoms with van der Waals surface area (Å²) in [7, 11) is 0. The maximum absolute atomic E-state index is 9.61. The molecule has 0 aliphatic rings. The first kappa shape index (κ1) is 22.0. The molecule has 3 heteroatoms. The van der Waals surface area contributed by atoms with Gasteiger partial charge in [0.05, 0.1) is 11.8 Å². The fourth-order valence-electron chi connectivity index (χ4n) is 3.53. The molecule has 1 atom stereocenters. The van der Waals surface area contributed by atoms with E-state index >= 15 is 0 Å². The van der Waals surface area contributed by atoms with E-state index in [1.54, 1.807) is 12.1 Å². The Kier molecular flexibility index (Phi) is 8.46. The number of allylic oxidation sites excluding steroid dienone is 1. The molecule has 0 aliphatic heterocycles. The Balaban J connectivity index is 1.47. The number of phenolic OH excluding ortho intramolecular Hbond substituents is 1. The molecule has 158 valence electrons. The van der Waals surface area contributed by atoms with E-state index in [4.69, 9.17) is 4.74 Å². The van der Waals surface area contributed by atoms with Crippen LogP contribution in [-0.4, -0.2) is 22.8 Å².